The number of rotatable bonds is 7. The summed E-state index contributed by atoms with van der Waals surface area (Å²) in [6.45, 7) is 7.60. The van der Waals surface area contributed by atoms with Crippen LogP contribution in [-0.4, -0.2) is 23.7 Å². The number of benzene rings is 2. The molecule has 33 heavy (non-hydrogen) atoms. The van der Waals surface area contributed by atoms with Gasteiger partial charge in [0.1, 0.15) is 22.6 Å². The maximum Gasteiger partial charge on any atom is 0.347 e. The first kappa shape index (κ1) is 22.7. The van der Waals surface area contributed by atoms with Crippen LogP contribution in [0, 0.1) is 6.92 Å². The summed E-state index contributed by atoms with van der Waals surface area (Å²) in [6, 6.07) is 11.2. The van der Waals surface area contributed by atoms with Crippen LogP contribution in [0.4, 0.5) is 0 Å². The van der Waals surface area contributed by atoms with Gasteiger partial charge in [-0.3, -0.25) is 4.79 Å². The fourth-order valence-corrected chi connectivity index (χ4v) is 4.37. The van der Waals surface area contributed by atoms with E-state index in [1.165, 1.54) is 6.26 Å². The average molecular weight is 464 g/mol. The van der Waals surface area contributed by atoms with Crippen molar-refractivity contribution in [2.45, 2.75) is 40.2 Å². The molecule has 0 aliphatic heterocycles. The van der Waals surface area contributed by atoms with Crippen LogP contribution in [0.2, 0.25) is 0 Å². The first-order chi connectivity index (χ1) is 15.9. The number of ether oxygens (including phenoxy) is 2. The van der Waals surface area contributed by atoms with Crippen molar-refractivity contribution in [3.05, 3.63) is 69.5 Å². The van der Waals surface area contributed by atoms with Crippen LogP contribution in [-0.2, 0) is 16.0 Å². The predicted octanol–water partition coefficient (Wildman–Crippen LogP) is 5.78. The van der Waals surface area contributed by atoms with Crippen molar-refractivity contribution >= 4 is 28.3 Å². The van der Waals surface area contributed by atoms with E-state index in [9.17, 15) is 9.59 Å². The molecule has 2 aromatic carbocycles. The second-order valence-corrected chi connectivity index (χ2v) is 8.53. The van der Waals surface area contributed by atoms with Gasteiger partial charge in [0.2, 0.25) is 5.43 Å². The maximum absolute atomic E-state index is 13.3. The number of fused-ring (bicyclic) bond motifs is 1. The highest BCUT2D eigenvalue weighted by atomic mass is 32.1. The third-order valence-corrected chi connectivity index (χ3v) is 6.33. The van der Waals surface area contributed by atoms with Crippen LogP contribution in [0.15, 0.2) is 57.3 Å². The molecule has 0 saturated heterocycles. The van der Waals surface area contributed by atoms with Gasteiger partial charge in [-0.2, -0.15) is 0 Å². The van der Waals surface area contributed by atoms with Crippen LogP contribution in [0.5, 0.6) is 5.75 Å². The second kappa shape index (κ2) is 9.58. The van der Waals surface area contributed by atoms with E-state index in [0.29, 0.717) is 28.7 Å². The maximum atomic E-state index is 13.3. The van der Waals surface area contributed by atoms with Gasteiger partial charge in [0.15, 0.2) is 6.10 Å². The first-order valence-electron chi connectivity index (χ1n) is 10.9. The van der Waals surface area contributed by atoms with Gasteiger partial charge in [-0.15, -0.1) is 11.3 Å². The van der Waals surface area contributed by atoms with Gasteiger partial charge in [0.05, 0.1) is 17.6 Å². The van der Waals surface area contributed by atoms with Crippen LogP contribution >= 0.6 is 11.3 Å². The minimum Gasteiger partial charge on any atom is -0.479 e. The van der Waals surface area contributed by atoms with Crippen molar-refractivity contribution in [2.75, 3.05) is 6.61 Å². The van der Waals surface area contributed by atoms with E-state index < -0.39 is 12.1 Å². The molecule has 6 nitrogen and oxygen atoms in total. The highest BCUT2D eigenvalue weighted by Gasteiger charge is 2.19. The largest absolute Gasteiger partial charge is 0.479 e. The van der Waals surface area contributed by atoms with Crippen molar-refractivity contribution in [3.8, 4) is 27.4 Å². The number of esters is 1. The fraction of sp³-hybridized carbons (Fsp3) is 0.269. The van der Waals surface area contributed by atoms with E-state index >= 15 is 0 Å². The Hall–Kier alpha value is -3.45. The van der Waals surface area contributed by atoms with Crippen molar-refractivity contribution < 1.29 is 18.7 Å². The van der Waals surface area contributed by atoms with Gasteiger partial charge in [0.25, 0.3) is 0 Å². The number of nitrogens with zero attached hydrogens (tertiary/aromatic N) is 1. The molecule has 4 rings (SSSR count). The zero-order valence-electron chi connectivity index (χ0n) is 19.0. The highest BCUT2D eigenvalue weighted by Crippen LogP contribution is 2.30. The van der Waals surface area contributed by atoms with Crippen molar-refractivity contribution in [2.24, 2.45) is 0 Å². The lowest BCUT2D eigenvalue weighted by atomic mass is 10.0. The number of carbonyl (C=O) groups excluding carboxylic acids is 1. The van der Waals surface area contributed by atoms with Gasteiger partial charge in [-0.1, -0.05) is 31.2 Å². The number of aryl methyl sites for hydroxylation is 2. The van der Waals surface area contributed by atoms with Crippen molar-refractivity contribution in [1.82, 2.24) is 4.98 Å². The SMILES string of the molecule is CCOC(=O)C(C)Oc1cc2occ(-c3ccc(-c4nc(C)cs4)cc3)c(=O)c2cc1CC. The lowest BCUT2D eigenvalue weighted by Gasteiger charge is -2.16. The molecule has 0 N–H and O–H groups in total. The zero-order chi connectivity index (χ0) is 23.5. The monoisotopic (exact) mass is 463 g/mol. The van der Waals surface area contributed by atoms with Crippen LogP contribution in [0.1, 0.15) is 32.0 Å². The van der Waals surface area contributed by atoms with Crippen LogP contribution < -0.4 is 10.2 Å². The third-order valence-electron chi connectivity index (χ3n) is 5.32. The molecule has 0 aliphatic carbocycles. The van der Waals surface area contributed by atoms with E-state index in [1.54, 1.807) is 37.3 Å². The number of hydrogen-bond donors (Lipinski definition) is 0. The summed E-state index contributed by atoms with van der Waals surface area (Å²) in [7, 11) is 0. The Morgan fingerprint density at radius 3 is 2.52 bits per heavy atom. The Labute approximate surface area is 195 Å². The molecule has 4 aromatic rings. The highest BCUT2D eigenvalue weighted by molar-refractivity contribution is 7.13. The molecule has 170 valence electrons. The molecule has 0 spiro atoms. The van der Waals surface area contributed by atoms with Crippen molar-refractivity contribution in [1.29, 1.82) is 0 Å². The summed E-state index contributed by atoms with van der Waals surface area (Å²) in [5, 5.41) is 3.43. The zero-order valence-corrected chi connectivity index (χ0v) is 19.8. The molecule has 2 heterocycles. The molecular weight excluding hydrogens is 438 g/mol. The smallest absolute Gasteiger partial charge is 0.347 e. The van der Waals surface area contributed by atoms with E-state index in [-0.39, 0.29) is 12.0 Å². The summed E-state index contributed by atoms with van der Waals surface area (Å²) in [4.78, 5) is 29.8. The number of carbonyl (C=O) groups is 1. The summed E-state index contributed by atoms with van der Waals surface area (Å²) in [5.74, 6) is 0.0670. The van der Waals surface area contributed by atoms with E-state index in [0.717, 1.165) is 27.4 Å². The molecular formula is C26H25NO5S. The summed E-state index contributed by atoms with van der Waals surface area (Å²) in [5.41, 5.74) is 4.36. The Morgan fingerprint density at radius 2 is 1.88 bits per heavy atom. The lowest BCUT2D eigenvalue weighted by molar-refractivity contribution is -0.150. The van der Waals surface area contributed by atoms with Gasteiger partial charge < -0.3 is 13.9 Å². The molecule has 7 heteroatoms. The number of aromatic nitrogens is 1. The molecule has 0 radical (unpaired) electrons. The molecule has 0 fully saturated rings. The molecule has 0 amide bonds. The van der Waals surface area contributed by atoms with Gasteiger partial charge >= 0.3 is 5.97 Å². The Bertz CT molecular complexity index is 1350. The fourth-order valence-electron chi connectivity index (χ4n) is 3.56. The molecule has 0 saturated carbocycles. The molecule has 2 aromatic heterocycles. The van der Waals surface area contributed by atoms with E-state index in [4.69, 9.17) is 13.9 Å². The Kier molecular flexibility index (Phi) is 6.60. The second-order valence-electron chi connectivity index (χ2n) is 7.67. The molecule has 1 unspecified atom stereocenters. The lowest BCUT2D eigenvalue weighted by Crippen LogP contribution is -2.26. The van der Waals surface area contributed by atoms with Crippen LogP contribution in [0.3, 0.4) is 0 Å². The third kappa shape index (κ3) is 4.68. The Morgan fingerprint density at radius 1 is 1.15 bits per heavy atom. The standard InChI is InChI=1S/C26H25NO5S/c1-5-17-11-20-23(12-22(17)32-16(4)26(29)30-6-2)31-13-21(24(20)28)18-7-9-19(10-8-18)25-27-15(3)14-33-25/h7-14,16H,5-6H2,1-4H3. The van der Waals surface area contributed by atoms with Crippen LogP contribution in [0.25, 0.3) is 32.7 Å². The number of hydrogen-bond acceptors (Lipinski definition) is 7. The summed E-state index contributed by atoms with van der Waals surface area (Å²) < 4.78 is 16.7. The number of thiazole rings is 1. The average Bonchev–Trinajstić information content (AvgIpc) is 3.25. The Balaban J connectivity index is 1.68. The first-order valence-corrected chi connectivity index (χ1v) is 11.7. The molecule has 1 atom stereocenters. The minimum atomic E-state index is -0.765. The topological polar surface area (TPSA) is 78.6 Å². The normalized spacial score (nSPS) is 12.0. The van der Waals surface area contributed by atoms with Gasteiger partial charge in [0, 0.05) is 22.7 Å². The van der Waals surface area contributed by atoms with E-state index in [1.807, 2.05) is 43.5 Å². The minimum absolute atomic E-state index is 0.117. The molecule has 0 aliphatic rings. The van der Waals surface area contributed by atoms with Gasteiger partial charge in [-0.25, -0.2) is 9.78 Å². The van der Waals surface area contributed by atoms with Crippen molar-refractivity contribution in [3.63, 3.8) is 0 Å². The summed E-state index contributed by atoms with van der Waals surface area (Å²) >= 11 is 1.59. The van der Waals surface area contributed by atoms with Gasteiger partial charge in [-0.05, 0) is 44.4 Å². The molecule has 0 bridgehead atoms. The quantitative estimate of drug-likeness (QED) is 0.323. The summed E-state index contributed by atoms with van der Waals surface area (Å²) in [6.07, 6.45) is 1.34. The predicted molar refractivity (Wildman–Crippen MR) is 130 cm³/mol. The van der Waals surface area contributed by atoms with E-state index in [2.05, 4.69) is 4.98 Å².